The molecule has 0 aromatic heterocycles. The fraction of sp³-hybridized carbons (Fsp3) is 0.500. The van der Waals surface area contributed by atoms with E-state index in [1.165, 1.54) is 15.9 Å². The van der Waals surface area contributed by atoms with Crippen molar-refractivity contribution in [2.45, 2.75) is 32.9 Å². The minimum atomic E-state index is -0.688. The minimum Gasteiger partial charge on any atom is -0.444 e. The van der Waals surface area contributed by atoms with E-state index in [1.807, 2.05) is 0 Å². The Morgan fingerprint density at radius 1 is 1.26 bits per heavy atom. The molecule has 0 unspecified atom stereocenters. The molecule has 0 bridgehead atoms. The molecule has 0 N–H and O–H groups in total. The van der Waals surface area contributed by atoms with Gasteiger partial charge >= 0.3 is 6.09 Å². The van der Waals surface area contributed by atoms with E-state index in [2.05, 4.69) is 0 Å². The second-order valence-corrected chi connectivity index (χ2v) is 6.45. The molecule has 2 amide bonds. The zero-order valence-corrected chi connectivity index (χ0v) is 13.4. The molecular weight excluding hydrogens is 306 g/mol. The number of benzene rings is 1. The number of piperazine rings is 1. The van der Waals surface area contributed by atoms with Gasteiger partial charge in [-0.1, -0.05) is 6.07 Å². The molecule has 126 valence electrons. The summed E-state index contributed by atoms with van der Waals surface area (Å²) in [4.78, 5) is 26.9. The van der Waals surface area contributed by atoms with Crippen molar-refractivity contribution in [3.8, 4) is 0 Å². The van der Waals surface area contributed by atoms with Gasteiger partial charge in [-0.25, -0.2) is 13.6 Å². The minimum absolute atomic E-state index is 0.0487. The van der Waals surface area contributed by atoms with Gasteiger partial charge in [0, 0.05) is 31.3 Å². The number of ether oxygens (including phenoxy) is 1. The van der Waals surface area contributed by atoms with Crippen molar-refractivity contribution in [3.63, 3.8) is 0 Å². The Hall–Kier alpha value is -2.18. The average molecular weight is 326 g/mol. The summed E-state index contributed by atoms with van der Waals surface area (Å²) >= 11 is 0. The van der Waals surface area contributed by atoms with E-state index in [-0.39, 0.29) is 31.1 Å². The quantitative estimate of drug-likeness (QED) is 0.839. The van der Waals surface area contributed by atoms with E-state index >= 15 is 0 Å². The monoisotopic (exact) mass is 326 g/mol. The highest BCUT2D eigenvalue weighted by Gasteiger charge is 2.30. The van der Waals surface area contributed by atoms with Gasteiger partial charge in [-0.05, 0) is 26.8 Å². The Kier molecular flexibility index (Phi) is 4.87. The Morgan fingerprint density at radius 3 is 2.52 bits per heavy atom. The largest absolute Gasteiger partial charge is 0.444 e. The topological polar surface area (TPSA) is 49.9 Å². The van der Waals surface area contributed by atoms with Crippen LogP contribution in [0.1, 0.15) is 26.3 Å². The summed E-state index contributed by atoms with van der Waals surface area (Å²) in [5, 5.41) is 0. The number of amides is 2. The van der Waals surface area contributed by atoms with Crippen molar-refractivity contribution in [1.82, 2.24) is 9.80 Å². The second kappa shape index (κ2) is 6.52. The predicted molar refractivity (Wildman–Crippen MR) is 79.6 cm³/mol. The van der Waals surface area contributed by atoms with Crippen molar-refractivity contribution in [2.75, 3.05) is 19.6 Å². The molecule has 1 aromatic carbocycles. The molecule has 1 aromatic rings. The number of rotatable bonds is 2. The van der Waals surface area contributed by atoms with Gasteiger partial charge in [0.2, 0.25) is 5.91 Å². The second-order valence-electron chi connectivity index (χ2n) is 6.45. The fourth-order valence-corrected chi connectivity index (χ4v) is 2.21. The van der Waals surface area contributed by atoms with Gasteiger partial charge in [0.25, 0.3) is 0 Å². The molecule has 1 aliphatic heterocycles. The number of halogens is 2. The summed E-state index contributed by atoms with van der Waals surface area (Å²) in [5.74, 6) is -1.65. The lowest BCUT2D eigenvalue weighted by molar-refractivity contribution is -0.136. The van der Waals surface area contributed by atoms with E-state index in [1.54, 1.807) is 20.8 Å². The third-order valence-corrected chi connectivity index (χ3v) is 3.35. The van der Waals surface area contributed by atoms with Crippen LogP contribution in [0.3, 0.4) is 0 Å². The van der Waals surface area contributed by atoms with Gasteiger partial charge in [-0.15, -0.1) is 0 Å². The van der Waals surface area contributed by atoms with Gasteiger partial charge in [-0.3, -0.25) is 9.69 Å². The maximum absolute atomic E-state index is 13.7. The van der Waals surface area contributed by atoms with E-state index in [0.717, 1.165) is 12.1 Å². The maximum atomic E-state index is 13.7. The van der Waals surface area contributed by atoms with Crippen LogP contribution in [0.2, 0.25) is 0 Å². The number of nitrogens with zero attached hydrogens (tertiary/aromatic N) is 2. The van der Waals surface area contributed by atoms with Gasteiger partial charge in [0.05, 0.1) is 0 Å². The molecule has 0 atom stereocenters. The molecule has 0 spiro atoms. The summed E-state index contributed by atoms with van der Waals surface area (Å²) in [6.07, 6.45) is -0.543. The molecule has 2 rings (SSSR count). The van der Waals surface area contributed by atoms with Crippen molar-refractivity contribution < 1.29 is 23.1 Å². The Balaban J connectivity index is 1.96. The predicted octanol–water partition coefficient (Wildman–Crippen LogP) is 2.54. The molecule has 5 nitrogen and oxygen atoms in total. The standard InChI is InChI=1S/C16H20F2N2O3/c1-16(2,3)23-15(22)20-7-6-19(14(21)10-20)9-11-4-5-12(17)8-13(11)18/h4-5,8H,6-7,9-10H2,1-3H3. The molecule has 1 aliphatic rings. The van der Waals surface area contributed by atoms with Crippen molar-refractivity contribution in [2.24, 2.45) is 0 Å². The van der Waals surface area contributed by atoms with E-state index in [0.29, 0.717) is 6.54 Å². The number of hydrogen-bond donors (Lipinski definition) is 0. The van der Waals surface area contributed by atoms with E-state index < -0.39 is 23.3 Å². The molecule has 23 heavy (non-hydrogen) atoms. The summed E-state index contributed by atoms with van der Waals surface area (Å²) in [6, 6.07) is 3.26. The van der Waals surface area contributed by atoms with Crippen LogP contribution in [-0.2, 0) is 16.1 Å². The SMILES string of the molecule is CC(C)(C)OC(=O)N1CCN(Cc2ccc(F)cc2F)C(=O)C1. The lowest BCUT2D eigenvalue weighted by Gasteiger charge is -2.35. The highest BCUT2D eigenvalue weighted by molar-refractivity contribution is 5.83. The van der Waals surface area contributed by atoms with Crippen LogP contribution in [0.15, 0.2) is 18.2 Å². The molecular formula is C16H20F2N2O3. The third kappa shape index (κ3) is 4.64. The Morgan fingerprint density at radius 2 is 1.96 bits per heavy atom. The van der Waals surface area contributed by atoms with E-state index in [9.17, 15) is 18.4 Å². The zero-order chi connectivity index (χ0) is 17.2. The van der Waals surface area contributed by atoms with Gasteiger partial charge < -0.3 is 9.64 Å². The molecule has 0 saturated carbocycles. The normalized spacial score (nSPS) is 15.8. The van der Waals surface area contributed by atoms with Crippen LogP contribution < -0.4 is 0 Å². The van der Waals surface area contributed by atoms with Crippen LogP contribution >= 0.6 is 0 Å². The van der Waals surface area contributed by atoms with Crippen molar-refractivity contribution in [3.05, 3.63) is 35.4 Å². The first kappa shape index (κ1) is 17.2. The number of carbonyl (C=O) groups is 2. The molecule has 1 heterocycles. The first-order chi connectivity index (χ1) is 10.7. The maximum Gasteiger partial charge on any atom is 0.410 e. The van der Waals surface area contributed by atoms with Gasteiger partial charge in [0.15, 0.2) is 0 Å². The van der Waals surface area contributed by atoms with Gasteiger partial charge in [-0.2, -0.15) is 0 Å². The molecule has 1 fully saturated rings. The average Bonchev–Trinajstić information content (AvgIpc) is 2.41. The zero-order valence-electron chi connectivity index (χ0n) is 13.4. The smallest absolute Gasteiger partial charge is 0.410 e. The fourth-order valence-electron chi connectivity index (χ4n) is 2.21. The summed E-state index contributed by atoms with van der Waals surface area (Å²) < 4.78 is 31.8. The number of carbonyl (C=O) groups excluding carboxylic acids is 2. The first-order valence-electron chi connectivity index (χ1n) is 7.35. The summed E-state index contributed by atoms with van der Waals surface area (Å²) in [7, 11) is 0. The highest BCUT2D eigenvalue weighted by Crippen LogP contribution is 2.16. The first-order valence-corrected chi connectivity index (χ1v) is 7.35. The molecule has 0 aliphatic carbocycles. The van der Waals surface area contributed by atoms with Crippen molar-refractivity contribution in [1.29, 1.82) is 0 Å². The lowest BCUT2D eigenvalue weighted by Crippen LogP contribution is -2.52. The molecule has 0 radical (unpaired) electrons. The summed E-state index contributed by atoms with van der Waals surface area (Å²) in [6.45, 7) is 5.77. The van der Waals surface area contributed by atoms with Crippen LogP contribution in [0.25, 0.3) is 0 Å². The summed E-state index contributed by atoms with van der Waals surface area (Å²) in [5.41, 5.74) is -0.389. The van der Waals surface area contributed by atoms with Crippen LogP contribution in [-0.4, -0.2) is 47.0 Å². The molecule has 7 heteroatoms. The van der Waals surface area contributed by atoms with E-state index in [4.69, 9.17) is 4.74 Å². The third-order valence-electron chi connectivity index (χ3n) is 3.35. The number of hydrogen-bond acceptors (Lipinski definition) is 3. The highest BCUT2D eigenvalue weighted by atomic mass is 19.1. The van der Waals surface area contributed by atoms with Crippen LogP contribution in [0, 0.1) is 11.6 Å². The van der Waals surface area contributed by atoms with Crippen molar-refractivity contribution >= 4 is 12.0 Å². The van der Waals surface area contributed by atoms with Crippen LogP contribution in [0.5, 0.6) is 0 Å². The van der Waals surface area contributed by atoms with Gasteiger partial charge in [0.1, 0.15) is 23.8 Å². The Bertz CT molecular complexity index is 614. The Labute approximate surface area is 133 Å². The van der Waals surface area contributed by atoms with Crippen LogP contribution in [0.4, 0.5) is 13.6 Å². The molecule has 1 saturated heterocycles. The lowest BCUT2D eigenvalue weighted by atomic mass is 10.1.